The molecule has 3 rings (SSSR count). The number of fused-ring (bicyclic) bond motifs is 3. The lowest BCUT2D eigenvalue weighted by molar-refractivity contribution is -0.266. The molecule has 0 unspecified atom stereocenters. The van der Waals surface area contributed by atoms with Crippen LogP contribution < -0.4 is 0 Å². The molecule has 0 spiro atoms. The van der Waals surface area contributed by atoms with E-state index < -0.39 is 0 Å². The van der Waals surface area contributed by atoms with E-state index >= 15 is 0 Å². The summed E-state index contributed by atoms with van der Waals surface area (Å²) in [4.78, 5) is 5.93. The second-order valence-electron chi connectivity index (χ2n) is 6.25. The quantitative estimate of drug-likeness (QED) is 0.783. The van der Waals surface area contributed by atoms with Crippen LogP contribution in [0.5, 0.6) is 0 Å². The van der Waals surface area contributed by atoms with Crippen molar-refractivity contribution in [3.05, 3.63) is 33.8 Å². The van der Waals surface area contributed by atoms with Crippen LogP contribution in [-0.4, -0.2) is 23.5 Å². The zero-order valence-electron chi connectivity index (χ0n) is 11.6. The van der Waals surface area contributed by atoms with Crippen molar-refractivity contribution in [3.63, 3.8) is 0 Å². The zero-order valence-corrected chi connectivity index (χ0v) is 13.2. The van der Waals surface area contributed by atoms with E-state index in [1.54, 1.807) is 0 Å². The van der Waals surface area contributed by atoms with Crippen LogP contribution in [-0.2, 0) is 16.0 Å². The van der Waals surface area contributed by atoms with Crippen LogP contribution in [0.4, 0.5) is 0 Å². The summed E-state index contributed by atoms with van der Waals surface area (Å²) < 4.78 is 7.09. The number of hydrogen-bond acceptors (Lipinski definition) is 3. The molecule has 0 radical (unpaired) electrons. The number of nitrogens with zero attached hydrogens (tertiary/aromatic N) is 1. The minimum atomic E-state index is -0.167. The van der Waals surface area contributed by atoms with Gasteiger partial charge in [-0.15, -0.1) is 0 Å². The molecule has 4 heteroatoms. The van der Waals surface area contributed by atoms with Crippen molar-refractivity contribution in [2.45, 2.75) is 51.5 Å². The number of hydroxylamine groups is 2. The van der Waals surface area contributed by atoms with Crippen molar-refractivity contribution >= 4 is 15.9 Å². The number of hydrogen-bond donors (Lipinski definition) is 0. The summed E-state index contributed by atoms with van der Waals surface area (Å²) >= 11 is 3.56. The largest absolute Gasteiger partial charge is 0.345 e. The summed E-state index contributed by atoms with van der Waals surface area (Å²) in [5, 5.41) is 2.09. The van der Waals surface area contributed by atoms with E-state index in [1.165, 1.54) is 11.1 Å². The molecule has 1 aromatic carbocycles. The van der Waals surface area contributed by atoms with Gasteiger partial charge in [0, 0.05) is 17.4 Å². The first-order chi connectivity index (χ1) is 8.92. The molecule has 0 aromatic heterocycles. The summed E-state index contributed by atoms with van der Waals surface area (Å²) in [6, 6.07) is 6.88. The average Bonchev–Trinajstić information content (AvgIpc) is 2.69. The Morgan fingerprint density at radius 1 is 1.37 bits per heavy atom. The van der Waals surface area contributed by atoms with Crippen LogP contribution >= 0.6 is 15.9 Å². The predicted octanol–water partition coefficient (Wildman–Crippen LogP) is 3.82. The molecule has 2 aliphatic rings. The lowest BCUT2D eigenvalue weighted by atomic mass is 9.93. The summed E-state index contributed by atoms with van der Waals surface area (Å²) in [5.74, 6) is 0. The van der Waals surface area contributed by atoms with Crippen LogP contribution in [0.3, 0.4) is 0 Å². The first-order valence-electron chi connectivity index (χ1n) is 6.82. The molecule has 1 aromatic rings. The highest BCUT2D eigenvalue weighted by Crippen LogP contribution is 2.41. The lowest BCUT2D eigenvalue weighted by Crippen LogP contribution is -2.31. The molecular weight excluding hydrogens is 306 g/mol. The molecule has 0 N–H and O–H groups in total. The Balaban J connectivity index is 1.82. The van der Waals surface area contributed by atoms with Gasteiger partial charge in [0.15, 0.2) is 6.29 Å². The van der Waals surface area contributed by atoms with E-state index in [1.807, 2.05) is 0 Å². The average molecular weight is 326 g/mol. The molecule has 1 saturated heterocycles. The van der Waals surface area contributed by atoms with Crippen LogP contribution in [0.1, 0.15) is 44.4 Å². The monoisotopic (exact) mass is 325 g/mol. The van der Waals surface area contributed by atoms with Crippen LogP contribution in [0.25, 0.3) is 0 Å². The van der Waals surface area contributed by atoms with E-state index in [0.29, 0.717) is 6.04 Å². The minimum absolute atomic E-state index is 0.130. The summed E-state index contributed by atoms with van der Waals surface area (Å²) in [7, 11) is 0. The van der Waals surface area contributed by atoms with Gasteiger partial charge in [-0.3, -0.25) is 4.84 Å². The molecule has 104 valence electrons. The normalized spacial score (nSPS) is 27.2. The fourth-order valence-corrected chi connectivity index (χ4v) is 3.24. The maximum atomic E-state index is 5.96. The highest BCUT2D eigenvalue weighted by molar-refractivity contribution is 9.10. The maximum Gasteiger partial charge on any atom is 0.180 e. The van der Waals surface area contributed by atoms with E-state index in [2.05, 4.69) is 60.0 Å². The molecule has 2 aliphatic heterocycles. The van der Waals surface area contributed by atoms with Crippen LogP contribution in [0.15, 0.2) is 22.7 Å². The maximum absolute atomic E-state index is 5.96. The number of benzene rings is 1. The smallest absolute Gasteiger partial charge is 0.180 e. The van der Waals surface area contributed by atoms with Gasteiger partial charge in [-0.2, -0.15) is 5.06 Å². The van der Waals surface area contributed by atoms with Gasteiger partial charge in [0.05, 0.1) is 11.6 Å². The van der Waals surface area contributed by atoms with E-state index in [9.17, 15) is 0 Å². The molecule has 2 atom stereocenters. The molecule has 2 heterocycles. The zero-order chi connectivity index (χ0) is 13.6. The summed E-state index contributed by atoms with van der Waals surface area (Å²) in [5.41, 5.74) is 2.64. The number of ether oxygens (including phenoxy) is 1. The minimum Gasteiger partial charge on any atom is -0.345 e. The second-order valence-corrected chi connectivity index (χ2v) is 7.17. The first kappa shape index (κ1) is 13.6. The Hall–Kier alpha value is -0.420. The van der Waals surface area contributed by atoms with Crippen molar-refractivity contribution in [1.29, 1.82) is 0 Å². The van der Waals surface area contributed by atoms with E-state index in [-0.39, 0.29) is 11.9 Å². The Morgan fingerprint density at radius 3 is 2.89 bits per heavy atom. The Bertz CT molecular complexity index is 484. The van der Waals surface area contributed by atoms with Gasteiger partial charge < -0.3 is 4.74 Å². The third-order valence-electron chi connectivity index (χ3n) is 3.57. The number of halogens is 1. The molecule has 0 bridgehead atoms. The standard InChI is InChI=1S/C15H20BrNO2/c1-15(2,3)18-14-9-13-12-8-11(16)5-4-10(12)6-7-17(13)19-14/h4-5,8,13-14H,6-7,9H2,1-3H3/t13-,14-/m0/s1. The second kappa shape index (κ2) is 4.85. The fourth-order valence-electron chi connectivity index (χ4n) is 2.86. The van der Waals surface area contributed by atoms with Gasteiger partial charge >= 0.3 is 0 Å². The van der Waals surface area contributed by atoms with Crippen molar-refractivity contribution in [3.8, 4) is 0 Å². The van der Waals surface area contributed by atoms with Gasteiger partial charge in [-0.25, -0.2) is 0 Å². The molecule has 19 heavy (non-hydrogen) atoms. The molecule has 3 nitrogen and oxygen atoms in total. The van der Waals surface area contributed by atoms with Gasteiger partial charge in [0.1, 0.15) is 0 Å². The van der Waals surface area contributed by atoms with Gasteiger partial charge in [-0.05, 0) is 50.5 Å². The predicted molar refractivity (Wildman–Crippen MR) is 77.6 cm³/mol. The summed E-state index contributed by atoms with van der Waals surface area (Å²) in [6.45, 7) is 7.15. The Labute approximate surface area is 123 Å². The molecule has 1 fully saturated rings. The van der Waals surface area contributed by atoms with Crippen molar-refractivity contribution in [2.24, 2.45) is 0 Å². The lowest BCUT2D eigenvalue weighted by Gasteiger charge is -2.29. The highest BCUT2D eigenvalue weighted by atomic mass is 79.9. The van der Waals surface area contributed by atoms with Gasteiger partial charge in [0.2, 0.25) is 0 Å². The topological polar surface area (TPSA) is 21.7 Å². The first-order valence-corrected chi connectivity index (χ1v) is 7.61. The summed E-state index contributed by atoms with van der Waals surface area (Å²) in [6.07, 6.45) is 1.82. The van der Waals surface area contributed by atoms with Gasteiger partial charge in [0.25, 0.3) is 0 Å². The fraction of sp³-hybridized carbons (Fsp3) is 0.600. The van der Waals surface area contributed by atoms with Crippen LogP contribution in [0.2, 0.25) is 0 Å². The van der Waals surface area contributed by atoms with E-state index in [0.717, 1.165) is 23.9 Å². The van der Waals surface area contributed by atoms with Crippen molar-refractivity contribution < 1.29 is 9.57 Å². The number of rotatable bonds is 1. The Morgan fingerprint density at radius 2 is 2.16 bits per heavy atom. The SMILES string of the molecule is CC(C)(C)O[C@@H]1C[C@H]2c3cc(Br)ccc3CCN2O1. The van der Waals surface area contributed by atoms with Crippen LogP contribution in [0, 0.1) is 0 Å². The third kappa shape index (κ3) is 2.87. The molecule has 0 aliphatic carbocycles. The van der Waals surface area contributed by atoms with E-state index in [4.69, 9.17) is 9.57 Å². The molecule has 0 saturated carbocycles. The third-order valence-corrected chi connectivity index (χ3v) is 4.06. The molecule has 0 amide bonds. The highest BCUT2D eigenvalue weighted by Gasteiger charge is 2.39. The van der Waals surface area contributed by atoms with Gasteiger partial charge in [-0.1, -0.05) is 22.0 Å². The molecular formula is C15H20BrNO2. The Kier molecular flexibility index (Phi) is 3.46. The van der Waals surface area contributed by atoms with Crippen molar-refractivity contribution in [1.82, 2.24) is 5.06 Å². The van der Waals surface area contributed by atoms with Crippen molar-refractivity contribution in [2.75, 3.05) is 6.54 Å².